The maximum absolute atomic E-state index is 12.7. The third kappa shape index (κ3) is 5.29. The minimum atomic E-state index is -2.10. The molecule has 1 amide bonds. The fraction of sp³-hybridized carbons (Fsp3) is 0.556. The molecule has 1 unspecified atom stereocenters. The van der Waals surface area contributed by atoms with E-state index in [1.807, 2.05) is 56.3 Å². The molecule has 0 spiro atoms. The quantitative estimate of drug-likeness (QED) is 0.469. The maximum atomic E-state index is 12.7. The van der Waals surface area contributed by atoms with Crippen LogP contribution in [0.4, 0.5) is 0 Å². The average molecular weight is 335 g/mol. The molecule has 0 aliphatic heterocycles. The third-order valence-corrected chi connectivity index (χ3v) is 8.90. The second-order valence-corrected chi connectivity index (χ2v) is 12.3. The summed E-state index contributed by atoms with van der Waals surface area (Å²) in [4.78, 5) is 18.8. The van der Waals surface area contributed by atoms with Crippen LogP contribution in [-0.4, -0.2) is 39.1 Å². The zero-order valence-corrected chi connectivity index (χ0v) is 16.7. The number of nitrogens with zero attached hydrogens (tertiary/aromatic N) is 2. The second kappa shape index (κ2) is 7.40. The van der Waals surface area contributed by atoms with Gasteiger partial charge in [0.25, 0.3) is 5.91 Å². The second-order valence-electron chi connectivity index (χ2n) is 7.56. The molecule has 0 aliphatic rings. The van der Waals surface area contributed by atoms with Crippen molar-refractivity contribution in [2.45, 2.75) is 51.9 Å². The van der Waals surface area contributed by atoms with E-state index >= 15 is 0 Å². The van der Waals surface area contributed by atoms with Gasteiger partial charge in [-0.25, -0.2) is 0 Å². The van der Waals surface area contributed by atoms with Crippen LogP contribution < -0.4 is 0 Å². The number of amidine groups is 1. The summed E-state index contributed by atoms with van der Waals surface area (Å²) in [5.41, 5.74) is 0.859. The standard InChI is InChI=1S/C18H30N2O2Si/c1-14(20(5)6)19-17(21)16(15-12-10-9-11-13-15)22-23(7,8)18(2,3)4/h9-13,16H,1-8H3/b19-14+. The summed E-state index contributed by atoms with van der Waals surface area (Å²) < 4.78 is 6.39. The number of carbonyl (C=O) groups excluding carboxylic acids is 1. The highest BCUT2D eigenvalue weighted by Gasteiger charge is 2.41. The van der Waals surface area contributed by atoms with Gasteiger partial charge in [-0.1, -0.05) is 51.1 Å². The number of rotatable bonds is 4. The minimum Gasteiger partial charge on any atom is -0.401 e. The van der Waals surface area contributed by atoms with Crippen LogP contribution in [0.5, 0.6) is 0 Å². The lowest BCUT2D eigenvalue weighted by Crippen LogP contribution is -2.43. The molecule has 0 heterocycles. The maximum Gasteiger partial charge on any atom is 0.279 e. The van der Waals surface area contributed by atoms with Crippen LogP contribution in [0.2, 0.25) is 18.1 Å². The Morgan fingerprint density at radius 2 is 1.70 bits per heavy atom. The van der Waals surface area contributed by atoms with E-state index in [4.69, 9.17) is 4.43 Å². The highest BCUT2D eigenvalue weighted by molar-refractivity contribution is 6.74. The van der Waals surface area contributed by atoms with Gasteiger partial charge in [0.05, 0.1) is 0 Å². The van der Waals surface area contributed by atoms with Gasteiger partial charge in [-0.3, -0.25) is 4.79 Å². The fourth-order valence-corrected chi connectivity index (χ4v) is 2.86. The molecule has 0 bridgehead atoms. The Morgan fingerprint density at radius 1 is 1.17 bits per heavy atom. The van der Waals surface area contributed by atoms with Gasteiger partial charge < -0.3 is 9.33 Å². The minimum absolute atomic E-state index is 0.0284. The zero-order chi connectivity index (χ0) is 17.8. The number of aliphatic imine (C=N–C) groups is 1. The van der Waals surface area contributed by atoms with Crippen molar-refractivity contribution in [2.24, 2.45) is 4.99 Å². The first-order chi connectivity index (χ1) is 10.5. The first kappa shape index (κ1) is 19.6. The Balaban J connectivity index is 3.19. The average Bonchev–Trinajstić information content (AvgIpc) is 2.44. The van der Waals surface area contributed by atoms with Crippen LogP contribution in [0.1, 0.15) is 39.4 Å². The third-order valence-electron chi connectivity index (χ3n) is 4.46. The van der Waals surface area contributed by atoms with Crippen molar-refractivity contribution in [3.63, 3.8) is 0 Å². The predicted octanol–water partition coefficient (Wildman–Crippen LogP) is 4.26. The lowest BCUT2D eigenvalue weighted by molar-refractivity contribution is -0.125. The van der Waals surface area contributed by atoms with Crippen LogP contribution in [-0.2, 0) is 9.22 Å². The molecule has 0 saturated heterocycles. The van der Waals surface area contributed by atoms with E-state index in [2.05, 4.69) is 38.9 Å². The predicted molar refractivity (Wildman–Crippen MR) is 99.3 cm³/mol. The molecule has 0 N–H and O–H groups in total. The smallest absolute Gasteiger partial charge is 0.279 e. The van der Waals surface area contributed by atoms with Crippen LogP contribution in [0, 0.1) is 0 Å². The molecule has 0 radical (unpaired) electrons. The van der Waals surface area contributed by atoms with Crippen molar-refractivity contribution in [1.29, 1.82) is 0 Å². The summed E-state index contributed by atoms with van der Waals surface area (Å²) in [5.74, 6) is 0.432. The largest absolute Gasteiger partial charge is 0.401 e. The van der Waals surface area contributed by atoms with E-state index in [1.54, 1.807) is 0 Å². The van der Waals surface area contributed by atoms with E-state index in [1.165, 1.54) is 0 Å². The molecule has 0 saturated carbocycles. The first-order valence-corrected chi connectivity index (χ1v) is 10.9. The zero-order valence-electron chi connectivity index (χ0n) is 15.7. The van der Waals surface area contributed by atoms with Crippen molar-refractivity contribution in [1.82, 2.24) is 4.90 Å². The van der Waals surface area contributed by atoms with E-state index in [0.29, 0.717) is 5.84 Å². The van der Waals surface area contributed by atoms with E-state index in [-0.39, 0.29) is 10.9 Å². The SMILES string of the molecule is C/C(=N\C(=O)C(O[Si](C)(C)C(C)(C)C)c1ccccc1)N(C)C. The number of benzene rings is 1. The van der Waals surface area contributed by atoms with Crippen LogP contribution in [0.15, 0.2) is 35.3 Å². The number of hydrogen-bond acceptors (Lipinski definition) is 2. The lowest BCUT2D eigenvalue weighted by atomic mass is 10.1. The Kier molecular flexibility index (Phi) is 6.30. The molecule has 1 aromatic rings. The molecule has 0 aromatic heterocycles. The molecule has 4 nitrogen and oxygen atoms in total. The highest BCUT2D eigenvalue weighted by Crippen LogP contribution is 2.40. The summed E-state index contributed by atoms with van der Waals surface area (Å²) in [5, 5.41) is 0.0284. The van der Waals surface area contributed by atoms with Gasteiger partial charge in [0.1, 0.15) is 5.84 Å². The molecule has 23 heavy (non-hydrogen) atoms. The fourth-order valence-electron chi connectivity index (χ4n) is 1.68. The Hall–Kier alpha value is -1.46. The molecule has 1 atom stereocenters. The van der Waals surface area contributed by atoms with Gasteiger partial charge >= 0.3 is 0 Å². The van der Waals surface area contributed by atoms with Crippen LogP contribution >= 0.6 is 0 Å². The van der Waals surface area contributed by atoms with Crippen molar-refractivity contribution in [3.05, 3.63) is 35.9 Å². The topological polar surface area (TPSA) is 41.9 Å². The van der Waals surface area contributed by atoms with Gasteiger partial charge in [-0.05, 0) is 30.6 Å². The van der Waals surface area contributed by atoms with Crippen molar-refractivity contribution >= 4 is 20.1 Å². The van der Waals surface area contributed by atoms with Gasteiger partial charge in [0.15, 0.2) is 14.4 Å². The Morgan fingerprint density at radius 3 is 2.13 bits per heavy atom. The van der Waals surface area contributed by atoms with Crippen molar-refractivity contribution in [3.8, 4) is 0 Å². The molecule has 128 valence electrons. The lowest BCUT2D eigenvalue weighted by Gasteiger charge is -2.38. The number of carbonyl (C=O) groups is 1. The first-order valence-electron chi connectivity index (χ1n) is 7.95. The normalized spacial score (nSPS) is 14.5. The molecule has 0 aliphatic carbocycles. The van der Waals surface area contributed by atoms with E-state index < -0.39 is 14.4 Å². The van der Waals surface area contributed by atoms with Gasteiger partial charge in [-0.2, -0.15) is 4.99 Å². The molecular weight excluding hydrogens is 304 g/mol. The van der Waals surface area contributed by atoms with Crippen LogP contribution in [0.3, 0.4) is 0 Å². The number of amides is 1. The summed E-state index contributed by atoms with van der Waals surface area (Å²) in [7, 11) is 1.65. The molecule has 0 fully saturated rings. The van der Waals surface area contributed by atoms with Gasteiger partial charge in [-0.15, -0.1) is 0 Å². The summed E-state index contributed by atoms with van der Waals surface area (Å²) >= 11 is 0. The molecule has 1 aromatic carbocycles. The Labute approximate surface area is 141 Å². The van der Waals surface area contributed by atoms with E-state index in [9.17, 15) is 4.79 Å². The van der Waals surface area contributed by atoms with Crippen molar-refractivity contribution < 1.29 is 9.22 Å². The van der Waals surface area contributed by atoms with Gasteiger partial charge in [0.2, 0.25) is 0 Å². The summed E-state index contributed by atoms with van der Waals surface area (Å²) in [6.45, 7) is 12.6. The molecular formula is C18H30N2O2Si. The summed E-state index contributed by atoms with van der Waals surface area (Å²) in [6.07, 6.45) is -0.646. The van der Waals surface area contributed by atoms with E-state index in [0.717, 1.165) is 5.56 Å². The Bertz CT molecular complexity index is 560. The summed E-state index contributed by atoms with van der Waals surface area (Å²) in [6, 6.07) is 9.64. The number of hydrogen-bond donors (Lipinski definition) is 0. The van der Waals surface area contributed by atoms with Crippen molar-refractivity contribution in [2.75, 3.05) is 14.1 Å². The van der Waals surface area contributed by atoms with Crippen LogP contribution in [0.25, 0.3) is 0 Å². The monoisotopic (exact) mass is 334 g/mol. The molecule has 1 rings (SSSR count). The highest BCUT2D eigenvalue weighted by atomic mass is 28.4. The van der Waals surface area contributed by atoms with Gasteiger partial charge in [0, 0.05) is 14.1 Å². The molecule has 5 heteroatoms.